The van der Waals surface area contributed by atoms with Gasteiger partial charge in [0.1, 0.15) is 11.4 Å². The third-order valence-corrected chi connectivity index (χ3v) is 3.58. The van der Waals surface area contributed by atoms with Gasteiger partial charge in [-0.1, -0.05) is 6.08 Å². The van der Waals surface area contributed by atoms with Crippen LogP contribution in [-0.2, 0) is 20.4 Å². The number of rotatable bonds is 3. The summed E-state index contributed by atoms with van der Waals surface area (Å²) >= 11 is 0. The SMILES string of the molecule is COC(=O)C1=CCN(c2nccc(C(=O)OC)c2C(F)(F)F)CC1. The maximum absolute atomic E-state index is 13.5. The highest BCUT2D eigenvalue weighted by Gasteiger charge is 2.41. The molecule has 0 radical (unpaired) electrons. The van der Waals surface area contributed by atoms with Crippen LogP contribution in [0.2, 0.25) is 0 Å². The van der Waals surface area contributed by atoms with Gasteiger partial charge < -0.3 is 14.4 Å². The first-order chi connectivity index (χ1) is 11.3. The lowest BCUT2D eigenvalue weighted by Gasteiger charge is -2.29. The first kappa shape index (κ1) is 17.8. The first-order valence-corrected chi connectivity index (χ1v) is 6.96. The number of methoxy groups -OCH3 is 2. The van der Waals surface area contributed by atoms with Gasteiger partial charge in [0.15, 0.2) is 0 Å². The molecule has 0 aromatic carbocycles. The van der Waals surface area contributed by atoms with Crippen molar-refractivity contribution >= 4 is 17.8 Å². The molecule has 2 rings (SSSR count). The van der Waals surface area contributed by atoms with Gasteiger partial charge >= 0.3 is 18.1 Å². The molecule has 9 heteroatoms. The van der Waals surface area contributed by atoms with E-state index in [2.05, 4.69) is 14.5 Å². The summed E-state index contributed by atoms with van der Waals surface area (Å²) in [6, 6.07) is 0.970. The predicted molar refractivity (Wildman–Crippen MR) is 77.5 cm³/mol. The summed E-state index contributed by atoms with van der Waals surface area (Å²) in [6.07, 6.45) is -1.95. The average Bonchev–Trinajstić information content (AvgIpc) is 2.59. The molecule has 0 atom stereocenters. The molecule has 0 unspecified atom stereocenters. The number of hydrogen-bond donors (Lipinski definition) is 0. The number of hydrogen-bond acceptors (Lipinski definition) is 6. The normalized spacial score (nSPS) is 14.9. The number of aromatic nitrogens is 1. The third-order valence-electron chi connectivity index (χ3n) is 3.58. The molecule has 0 bridgehead atoms. The highest BCUT2D eigenvalue weighted by molar-refractivity contribution is 5.93. The van der Waals surface area contributed by atoms with Crippen LogP contribution in [0, 0.1) is 0 Å². The topological polar surface area (TPSA) is 68.7 Å². The van der Waals surface area contributed by atoms with Gasteiger partial charge in [-0.05, 0) is 12.5 Å². The van der Waals surface area contributed by atoms with Crippen LogP contribution in [0.5, 0.6) is 0 Å². The van der Waals surface area contributed by atoms with Gasteiger partial charge in [-0.3, -0.25) is 0 Å². The Balaban J connectivity index is 2.43. The minimum absolute atomic E-state index is 0.0468. The molecular formula is C15H15F3N2O4. The fraction of sp³-hybridized carbons (Fsp3) is 0.400. The summed E-state index contributed by atoms with van der Waals surface area (Å²) in [6.45, 7) is 0.187. The molecule has 1 aromatic rings. The molecule has 2 heterocycles. The number of pyridine rings is 1. The monoisotopic (exact) mass is 344 g/mol. The zero-order valence-electron chi connectivity index (χ0n) is 13.0. The van der Waals surface area contributed by atoms with Crippen LogP contribution in [0.15, 0.2) is 23.9 Å². The van der Waals surface area contributed by atoms with Gasteiger partial charge in [0.2, 0.25) is 0 Å². The number of ether oxygens (including phenoxy) is 2. The Morgan fingerprint density at radius 2 is 1.88 bits per heavy atom. The maximum Gasteiger partial charge on any atom is 0.420 e. The van der Waals surface area contributed by atoms with Gasteiger partial charge in [0, 0.05) is 24.9 Å². The molecule has 24 heavy (non-hydrogen) atoms. The van der Waals surface area contributed by atoms with Crippen molar-refractivity contribution in [3.63, 3.8) is 0 Å². The molecule has 0 fully saturated rings. The van der Waals surface area contributed by atoms with Crippen LogP contribution >= 0.6 is 0 Å². The first-order valence-electron chi connectivity index (χ1n) is 6.96. The van der Waals surface area contributed by atoms with Crippen molar-refractivity contribution in [2.24, 2.45) is 0 Å². The van der Waals surface area contributed by atoms with E-state index in [1.807, 2.05) is 0 Å². The van der Waals surface area contributed by atoms with Gasteiger partial charge in [0.25, 0.3) is 0 Å². The number of halogens is 3. The smallest absolute Gasteiger partial charge is 0.420 e. The van der Waals surface area contributed by atoms with E-state index >= 15 is 0 Å². The minimum Gasteiger partial charge on any atom is -0.466 e. The molecule has 130 valence electrons. The number of esters is 2. The molecule has 0 saturated carbocycles. The van der Waals surface area contributed by atoms with E-state index in [-0.39, 0.29) is 25.3 Å². The lowest BCUT2D eigenvalue weighted by atomic mass is 10.1. The molecule has 1 aliphatic heterocycles. The second-order valence-electron chi connectivity index (χ2n) is 4.96. The second-order valence-corrected chi connectivity index (χ2v) is 4.96. The van der Waals surface area contributed by atoms with Crippen molar-refractivity contribution in [2.45, 2.75) is 12.6 Å². The zero-order valence-corrected chi connectivity index (χ0v) is 13.0. The van der Waals surface area contributed by atoms with Crippen molar-refractivity contribution in [3.05, 3.63) is 35.0 Å². The second kappa shape index (κ2) is 6.90. The zero-order chi connectivity index (χ0) is 17.9. The fourth-order valence-corrected chi connectivity index (χ4v) is 2.43. The Hall–Kier alpha value is -2.58. The van der Waals surface area contributed by atoms with Crippen LogP contribution in [0.3, 0.4) is 0 Å². The van der Waals surface area contributed by atoms with Gasteiger partial charge in [-0.15, -0.1) is 0 Å². The lowest BCUT2D eigenvalue weighted by Crippen LogP contribution is -2.33. The minimum atomic E-state index is -4.78. The number of carbonyl (C=O) groups excluding carboxylic acids is 2. The van der Waals surface area contributed by atoms with Crippen molar-refractivity contribution in [2.75, 3.05) is 32.2 Å². The van der Waals surface area contributed by atoms with E-state index in [9.17, 15) is 22.8 Å². The summed E-state index contributed by atoms with van der Waals surface area (Å²) in [7, 11) is 2.24. The molecule has 1 aliphatic rings. The summed E-state index contributed by atoms with van der Waals surface area (Å²) in [5, 5.41) is 0. The Kier molecular flexibility index (Phi) is 5.10. The van der Waals surface area contributed by atoms with Gasteiger partial charge in [-0.2, -0.15) is 13.2 Å². The number of nitrogens with zero attached hydrogens (tertiary/aromatic N) is 2. The summed E-state index contributed by atoms with van der Waals surface area (Å²) in [5.74, 6) is -1.97. The largest absolute Gasteiger partial charge is 0.466 e. The molecule has 0 saturated heterocycles. The van der Waals surface area contributed by atoms with Crippen LogP contribution < -0.4 is 4.90 Å². The molecule has 0 N–H and O–H groups in total. The summed E-state index contributed by atoms with van der Waals surface area (Å²) in [4.78, 5) is 28.2. The Morgan fingerprint density at radius 1 is 1.21 bits per heavy atom. The van der Waals surface area contributed by atoms with Crippen molar-refractivity contribution in [3.8, 4) is 0 Å². The van der Waals surface area contributed by atoms with E-state index in [4.69, 9.17) is 0 Å². The summed E-state index contributed by atoms with van der Waals surface area (Å²) < 4.78 is 49.4. The Labute approximate surface area is 135 Å². The highest BCUT2D eigenvalue weighted by atomic mass is 19.4. The summed E-state index contributed by atoms with van der Waals surface area (Å²) in [5.41, 5.74) is -1.35. The molecule has 0 aliphatic carbocycles. The average molecular weight is 344 g/mol. The van der Waals surface area contributed by atoms with Crippen LogP contribution in [0.25, 0.3) is 0 Å². The standard InChI is InChI=1S/C15H15F3N2O4/c1-23-13(21)9-4-7-20(8-5-9)12-11(15(16,17)18)10(3-6-19-12)14(22)24-2/h3-4,6H,5,7-8H2,1-2H3. The molecule has 0 amide bonds. The Morgan fingerprint density at radius 3 is 2.38 bits per heavy atom. The van der Waals surface area contributed by atoms with E-state index < -0.39 is 29.2 Å². The maximum atomic E-state index is 13.5. The van der Waals surface area contributed by atoms with Crippen molar-refractivity contribution < 1.29 is 32.2 Å². The lowest BCUT2D eigenvalue weighted by molar-refractivity contribution is -0.138. The van der Waals surface area contributed by atoms with Gasteiger partial charge in [-0.25, -0.2) is 14.6 Å². The van der Waals surface area contributed by atoms with E-state index in [0.29, 0.717) is 5.57 Å². The Bertz CT molecular complexity index is 686. The number of alkyl halides is 3. The van der Waals surface area contributed by atoms with Crippen molar-refractivity contribution in [1.82, 2.24) is 4.98 Å². The van der Waals surface area contributed by atoms with E-state index in [1.54, 1.807) is 0 Å². The van der Waals surface area contributed by atoms with Crippen LogP contribution in [0.4, 0.5) is 19.0 Å². The third kappa shape index (κ3) is 3.50. The molecule has 0 spiro atoms. The van der Waals surface area contributed by atoms with E-state index in [0.717, 1.165) is 19.4 Å². The van der Waals surface area contributed by atoms with E-state index in [1.165, 1.54) is 18.1 Å². The van der Waals surface area contributed by atoms with Crippen molar-refractivity contribution in [1.29, 1.82) is 0 Å². The molecule has 1 aromatic heterocycles. The van der Waals surface area contributed by atoms with Gasteiger partial charge in [0.05, 0.1) is 19.8 Å². The number of carbonyl (C=O) groups is 2. The number of anilines is 1. The van der Waals surface area contributed by atoms with Crippen LogP contribution in [0.1, 0.15) is 22.3 Å². The van der Waals surface area contributed by atoms with Crippen LogP contribution in [-0.4, -0.2) is 44.2 Å². The highest BCUT2D eigenvalue weighted by Crippen LogP contribution is 2.38. The molecule has 6 nitrogen and oxygen atoms in total. The molecular weight excluding hydrogens is 329 g/mol. The quantitative estimate of drug-likeness (QED) is 0.783. The predicted octanol–water partition coefficient (Wildman–Crippen LogP) is 2.20. The fourth-order valence-electron chi connectivity index (χ4n) is 2.43.